The van der Waals surface area contributed by atoms with Gasteiger partial charge in [-0.15, -0.1) is 0 Å². The van der Waals surface area contributed by atoms with Crippen LogP contribution < -0.4 is 5.32 Å². The Morgan fingerprint density at radius 1 is 0.714 bits per heavy atom. The molecule has 0 aliphatic heterocycles. The molecule has 0 aromatic heterocycles. The third-order valence-corrected chi connectivity index (χ3v) is 2.21. The number of hydrogen-bond acceptors (Lipinski definition) is 5. The van der Waals surface area contributed by atoms with Crippen LogP contribution in [0.3, 0.4) is 0 Å². The summed E-state index contributed by atoms with van der Waals surface area (Å²) < 4.78 is 0. The molecule has 21 heavy (non-hydrogen) atoms. The van der Waals surface area contributed by atoms with Gasteiger partial charge in [0.25, 0.3) is 0 Å². The Morgan fingerprint density at radius 2 is 1.00 bits per heavy atom. The fraction of sp³-hybridized carbons (Fsp3) is 0.125. The van der Waals surface area contributed by atoms with Crippen molar-refractivity contribution in [1.29, 1.82) is 0 Å². The molecule has 2 rings (SSSR count). The predicted octanol–water partition coefficient (Wildman–Crippen LogP) is 2.45. The maximum Gasteiger partial charge on any atom is 0.386 e. The molecule has 0 atom stereocenters. The first-order valence-corrected chi connectivity index (χ1v) is 6.30. The Morgan fingerprint density at radius 3 is 1.29 bits per heavy atom. The lowest BCUT2D eigenvalue weighted by Crippen LogP contribution is -2.11. The fourth-order valence-corrected chi connectivity index (χ4v) is 1.32. The molecule has 0 aliphatic carbocycles. The van der Waals surface area contributed by atoms with E-state index in [9.17, 15) is 9.59 Å². The van der Waals surface area contributed by atoms with Gasteiger partial charge in [0.05, 0.1) is 11.1 Å². The average Bonchev–Trinajstić information content (AvgIpc) is 2.54. The second-order valence-electron chi connectivity index (χ2n) is 3.97. The molecule has 0 unspecified atom stereocenters. The maximum atomic E-state index is 11.5. The molecule has 0 fully saturated rings. The van der Waals surface area contributed by atoms with Gasteiger partial charge < -0.3 is 5.32 Å². The standard InChI is InChI=1S/C14H10O4.C2H7N/c15-13(11-7-3-1-4-8-11)17-18-14(16)12-9-5-2-6-10-12;1-3-2/h1-10H;3H,1-2H3. The number of nitrogens with one attached hydrogen (secondary N) is 1. The summed E-state index contributed by atoms with van der Waals surface area (Å²) in [7, 11) is 3.75. The van der Waals surface area contributed by atoms with E-state index in [0.717, 1.165) is 0 Å². The molecular weight excluding hydrogens is 270 g/mol. The summed E-state index contributed by atoms with van der Waals surface area (Å²) in [5.74, 6) is -1.42. The van der Waals surface area contributed by atoms with Gasteiger partial charge in [-0.05, 0) is 38.4 Å². The van der Waals surface area contributed by atoms with Crippen LogP contribution in [0.2, 0.25) is 0 Å². The number of benzene rings is 2. The Bertz CT molecular complexity index is 504. The van der Waals surface area contributed by atoms with Gasteiger partial charge in [0.15, 0.2) is 0 Å². The Balaban J connectivity index is 0.000000677. The molecule has 0 radical (unpaired) electrons. The Kier molecular flexibility index (Phi) is 7.24. The minimum atomic E-state index is -0.708. The van der Waals surface area contributed by atoms with Crippen molar-refractivity contribution in [2.24, 2.45) is 0 Å². The van der Waals surface area contributed by atoms with E-state index in [1.165, 1.54) is 0 Å². The molecule has 2 aromatic rings. The molecule has 0 saturated heterocycles. The summed E-state index contributed by atoms with van der Waals surface area (Å²) in [6, 6.07) is 16.6. The molecule has 0 spiro atoms. The molecule has 0 amide bonds. The highest BCUT2D eigenvalue weighted by Crippen LogP contribution is 2.05. The van der Waals surface area contributed by atoms with E-state index in [4.69, 9.17) is 0 Å². The molecular formula is C16H17NO4. The summed E-state index contributed by atoms with van der Waals surface area (Å²) >= 11 is 0. The van der Waals surface area contributed by atoms with Crippen molar-refractivity contribution in [3.8, 4) is 0 Å². The summed E-state index contributed by atoms with van der Waals surface area (Å²) in [5, 5.41) is 2.75. The molecule has 5 heteroatoms. The topological polar surface area (TPSA) is 64.6 Å². The van der Waals surface area contributed by atoms with Gasteiger partial charge in [-0.3, -0.25) is 0 Å². The van der Waals surface area contributed by atoms with Crippen LogP contribution >= 0.6 is 0 Å². The molecule has 5 nitrogen and oxygen atoms in total. The largest absolute Gasteiger partial charge is 0.386 e. The Labute approximate surface area is 123 Å². The zero-order chi connectivity index (χ0) is 15.5. The maximum absolute atomic E-state index is 11.5. The van der Waals surface area contributed by atoms with Gasteiger partial charge in [-0.2, -0.15) is 0 Å². The lowest BCUT2D eigenvalue weighted by atomic mass is 10.2. The summed E-state index contributed by atoms with van der Waals surface area (Å²) in [4.78, 5) is 31.9. The molecule has 0 bridgehead atoms. The van der Waals surface area contributed by atoms with E-state index in [1.54, 1.807) is 60.7 Å². The van der Waals surface area contributed by atoms with Crippen molar-refractivity contribution in [3.63, 3.8) is 0 Å². The number of rotatable bonds is 2. The van der Waals surface area contributed by atoms with E-state index in [0.29, 0.717) is 11.1 Å². The third-order valence-electron chi connectivity index (χ3n) is 2.21. The first-order valence-electron chi connectivity index (χ1n) is 6.30. The zero-order valence-electron chi connectivity index (χ0n) is 11.9. The van der Waals surface area contributed by atoms with Crippen LogP contribution in [0.15, 0.2) is 60.7 Å². The minimum Gasteiger partial charge on any atom is -0.323 e. The zero-order valence-corrected chi connectivity index (χ0v) is 11.9. The van der Waals surface area contributed by atoms with Crippen LogP contribution in [0.5, 0.6) is 0 Å². The van der Waals surface area contributed by atoms with Crippen molar-refractivity contribution in [2.45, 2.75) is 0 Å². The van der Waals surface area contributed by atoms with Crippen LogP contribution in [0, 0.1) is 0 Å². The first-order chi connectivity index (χ1) is 10.2. The molecule has 0 saturated carbocycles. The van der Waals surface area contributed by atoms with Gasteiger partial charge in [-0.25, -0.2) is 19.4 Å². The number of carbonyl (C=O) groups is 2. The number of carbonyl (C=O) groups excluding carboxylic acids is 2. The second-order valence-corrected chi connectivity index (χ2v) is 3.97. The van der Waals surface area contributed by atoms with Crippen molar-refractivity contribution in [3.05, 3.63) is 71.8 Å². The molecule has 2 aromatic carbocycles. The summed E-state index contributed by atoms with van der Waals surface area (Å²) in [6.07, 6.45) is 0. The van der Waals surface area contributed by atoms with Crippen LogP contribution in [0.25, 0.3) is 0 Å². The highest BCUT2D eigenvalue weighted by Gasteiger charge is 2.12. The molecule has 110 valence electrons. The van der Waals surface area contributed by atoms with E-state index in [2.05, 4.69) is 15.1 Å². The van der Waals surface area contributed by atoms with Crippen LogP contribution in [-0.4, -0.2) is 26.0 Å². The van der Waals surface area contributed by atoms with Crippen molar-refractivity contribution >= 4 is 11.9 Å². The highest BCUT2D eigenvalue weighted by molar-refractivity contribution is 5.92. The monoisotopic (exact) mass is 287 g/mol. The van der Waals surface area contributed by atoms with Crippen molar-refractivity contribution in [1.82, 2.24) is 5.32 Å². The van der Waals surface area contributed by atoms with Gasteiger partial charge in [0.2, 0.25) is 0 Å². The minimum absolute atomic E-state index is 0.318. The van der Waals surface area contributed by atoms with Gasteiger partial charge in [-0.1, -0.05) is 36.4 Å². The van der Waals surface area contributed by atoms with Crippen molar-refractivity contribution in [2.75, 3.05) is 14.1 Å². The highest BCUT2D eigenvalue weighted by atomic mass is 17.2. The van der Waals surface area contributed by atoms with Gasteiger partial charge in [0, 0.05) is 0 Å². The molecule has 0 heterocycles. The van der Waals surface area contributed by atoms with Crippen LogP contribution in [0.1, 0.15) is 20.7 Å². The van der Waals surface area contributed by atoms with Gasteiger partial charge in [0.1, 0.15) is 0 Å². The molecule has 1 N–H and O–H groups in total. The third kappa shape index (κ3) is 5.88. The first kappa shape index (κ1) is 16.4. The van der Waals surface area contributed by atoms with Crippen LogP contribution in [-0.2, 0) is 9.78 Å². The molecule has 0 aliphatic rings. The quantitative estimate of drug-likeness (QED) is 0.679. The second kappa shape index (κ2) is 9.28. The van der Waals surface area contributed by atoms with E-state index in [-0.39, 0.29) is 0 Å². The van der Waals surface area contributed by atoms with E-state index < -0.39 is 11.9 Å². The predicted molar refractivity (Wildman–Crippen MR) is 78.7 cm³/mol. The normalized spacial score (nSPS) is 9.05. The average molecular weight is 287 g/mol. The van der Waals surface area contributed by atoms with Crippen LogP contribution in [0.4, 0.5) is 0 Å². The summed E-state index contributed by atoms with van der Waals surface area (Å²) in [6.45, 7) is 0. The fourth-order valence-electron chi connectivity index (χ4n) is 1.32. The van der Waals surface area contributed by atoms with E-state index >= 15 is 0 Å². The lowest BCUT2D eigenvalue weighted by molar-refractivity contribution is -0.187. The lowest BCUT2D eigenvalue weighted by Gasteiger charge is -2.02. The summed E-state index contributed by atoms with van der Waals surface area (Å²) in [5.41, 5.74) is 0.636. The smallest absolute Gasteiger partial charge is 0.323 e. The number of hydrogen-bond donors (Lipinski definition) is 1. The SMILES string of the molecule is CNC.O=C(OOC(=O)c1ccccc1)c1ccccc1. The van der Waals surface area contributed by atoms with E-state index in [1.807, 2.05) is 14.1 Å². The Hall–Kier alpha value is -2.66. The van der Waals surface area contributed by atoms with Gasteiger partial charge >= 0.3 is 11.9 Å². The van der Waals surface area contributed by atoms with Crippen molar-refractivity contribution < 1.29 is 19.4 Å².